The van der Waals surface area contributed by atoms with Gasteiger partial charge in [-0.3, -0.25) is 4.79 Å². The van der Waals surface area contributed by atoms with E-state index in [0.717, 1.165) is 34.1 Å². The number of nitrogens with zero attached hydrogens (tertiary/aromatic N) is 3. The number of rotatable bonds is 3. The number of pyridine rings is 1. The van der Waals surface area contributed by atoms with Crippen molar-refractivity contribution in [2.75, 3.05) is 0 Å². The molecule has 0 saturated heterocycles. The van der Waals surface area contributed by atoms with E-state index in [2.05, 4.69) is 5.10 Å². The van der Waals surface area contributed by atoms with Crippen LogP contribution in [0.4, 0.5) is 13.2 Å². The maximum atomic E-state index is 12.7. The quantitative estimate of drug-likeness (QED) is 0.744. The fourth-order valence-electron chi connectivity index (χ4n) is 2.19. The summed E-state index contributed by atoms with van der Waals surface area (Å²) >= 11 is 0. The lowest BCUT2D eigenvalue weighted by molar-refractivity contribution is -0.138. The molecule has 0 N–H and O–H groups in total. The Kier molecular flexibility index (Phi) is 3.77. The zero-order valence-electron chi connectivity index (χ0n) is 11.9. The largest absolute Gasteiger partial charge is 0.417 e. The van der Waals surface area contributed by atoms with Crippen LogP contribution in [0, 0.1) is 0 Å². The van der Waals surface area contributed by atoms with Gasteiger partial charge in [0.1, 0.15) is 0 Å². The molecule has 2 heterocycles. The fourth-order valence-corrected chi connectivity index (χ4v) is 2.19. The number of hydrogen-bond acceptors (Lipinski definition) is 2. The van der Waals surface area contributed by atoms with Crippen molar-refractivity contribution < 1.29 is 13.2 Å². The normalized spacial score (nSPS) is 11.6. The molecular formula is C16H12F3N3O. The van der Waals surface area contributed by atoms with Crippen LogP contribution in [0.2, 0.25) is 0 Å². The molecule has 4 nitrogen and oxygen atoms in total. The Labute approximate surface area is 129 Å². The average molecular weight is 319 g/mol. The van der Waals surface area contributed by atoms with Crippen molar-refractivity contribution in [3.05, 3.63) is 82.5 Å². The first-order valence-corrected chi connectivity index (χ1v) is 6.80. The molecule has 3 aromatic rings. The van der Waals surface area contributed by atoms with Crippen molar-refractivity contribution in [2.24, 2.45) is 0 Å². The summed E-state index contributed by atoms with van der Waals surface area (Å²) in [6, 6.07) is 10.6. The summed E-state index contributed by atoms with van der Waals surface area (Å²) in [7, 11) is 0. The van der Waals surface area contributed by atoms with Crippen LogP contribution in [-0.2, 0) is 12.7 Å². The summed E-state index contributed by atoms with van der Waals surface area (Å²) in [6.07, 6.45) is -0.203. The molecule has 0 atom stereocenters. The van der Waals surface area contributed by atoms with Crippen molar-refractivity contribution >= 4 is 0 Å². The third-order valence-corrected chi connectivity index (χ3v) is 3.37. The first-order chi connectivity index (χ1) is 10.9. The summed E-state index contributed by atoms with van der Waals surface area (Å²) in [5.74, 6) is 0. The van der Waals surface area contributed by atoms with Gasteiger partial charge in [0.05, 0.1) is 17.8 Å². The molecular weight excluding hydrogens is 307 g/mol. The molecule has 0 spiro atoms. The molecule has 0 radical (unpaired) electrons. The molecule has 0 aliphatic rings. The minimum absolute atomic E-state index is 0.0716. The Hall–Kier alpha value is -2.83. The van der Waals surface area contributed by atoms with E-state index in [4.69, 9.17) is 0 Å². The van der Waals surface area contributed by atoms with Gasteiger partial charge in [0.25, 0.3) is 5.56 Å². The lowest BCUT2D eigenvalue weighted by Crippen LogP contribution is -2.21. The van der Waals surface area contributed by atoms with Crippen molar-refractivity contribution in [3.63, 3.8) is 0 Å². The van der Waals surface area contributed by atoms with E-state index in [0.29, 0.717) is 0 Å². The molecule has 3 rings (SSSR count). The van der Waals surface area contributed by atoms with E-state index in [-0.39, 0.29) is 6.54 Å². The molecule has 1 aromatic carbocycles. The van der Waals surface area contributed by atoms with E-state index in [1.165, 1.54) is 0 Å². The summed E-state index contributed by atoms with van der Waals surface area (Å²) in [5.41, 5.74) is 0.233. The SMILES string of the molecule is O=c1ccc(C(F)(F)F)cn1Cc1ccc(-n2cccn2)cc1. The van der Waals surface area contributed by atoms with Crippen LogP contribution < -0.4 is 5.56 Å². The highest BCUT2D eigenvalue weighted by atomic mass is 19.4. The number of halogens is 3. The molecule has 0 fully saturated rings. The highest BCUT2D eigenvalue weighted by molar-refractivity contribution is 5.34. The highest BCUT2D eigenvalue weighted by Crippen LogP contribution is 2.28. The predicted molar refractivity (Wildman–Crippen MR) is 78.4 cm³/mol. The second-order valence-corrected chi connectivity index (χ2v) is 5.00. The summed E-state index contributed by atoms with van der Waals surface area (Å²) in [4.78, 5) is 11.7. The summed E-state index contributed by atoms with van der Waals surface area (Å²) in [6.45, 7) is 0.0716. The molecule has 0 saturated carbocycles. The number of aromatic nitrogens is 3. The van der Waals surface area contributed by atoms with Gasteiger partial charge in [0, 0.05) is 24.7 Å². The molecule has 0 unspecified atom stereocenters. The third-order valence-electron chi connectivity index (χ3n) is 3.37. The van der Waals surface area contributed by atoms with Gasteiger partial charge < -0.3 is 4.57 Å². The van der Waals surface area contributed by atoms with Crippen molar-refractivity contribution in [1.29, 1.82) is 0 Å². The zero-order valence-corrected chi connectivity index (χ0v) is 11.9. The first kappa shape index (κ1) is 15.1. The molecule has 118 valence electrons. The van der Waals surface area contributed by atoms with Gasteiger partial charge in [-0.05, 0) is 29.8 Å². The maximum absolute atomic E-state index is 12.7. The Morgan fingerprint density at radius 3 is 2.39 bits per heavy atom. The van der Waals surface area contributed by atoms with E-state index in [1.54, 1.807) is 47.4 Å². The molecule has 0 bridgehead atoms. The van der Waals surface area contributed by atoms with Crippen molar-refractivity contribution in [1.82, 2.24) is 14.3 Å². The van der Waals surface area contributed by atoms with E-state index >= 15 is 0 Å². The molecule has 0 amide bonds. The first-order valence-electron chi connectivity index (χ1n) is 6.80. The Morgan fingerprint density at radius 1 is 1.04 bits per heavy atom. The monoisotopic (exact) mass is 319 g/mol. The Balaban J connectivity index is 1.86. The van der Waals surface area contributed by atoms with Crippen LogP contribution in [0.3, 0.4) is 0 Å². The van der Waals surface area contributed by atoms with Crippen LogP contribution >= 0.6 is 0 Å². The van der Waals surface area contributed by atoms with Crippen LogP contribution in [0.1, 0.15) is 11.1 Å². The topological polar surface area (TPSA) is 39.8 Å². The van der Waals surface area contributed by atoms with Crippen LogP contribution in [-0.4, -0.2) is 14.3 Å². The second kappa shape index (κ2) is 5.75. The molecule has 0 aliphatic carbocycles. The average Bonchev–Trinajstić information content (AvgIpc) is 3.03. The second-order valence-electron chi connectivity index (χ2n) is 5.00. The van der Waals surface area contributed by atoms with E-state index < -0.39 is 17.3 Å². The summed E-state index contributed by atoms with van der Waals surface area (Å²) < 4.78 is 40.9. The highest BCUT2D eigenvalue weighted by Gasteiger charge is 2.31. The van der Waals surface area contributed by atoms with Gasteiger partial charge in [0.15, 0.2) is 0 Å². The van der Waals surface area contributed by atoms with Gasteiger partial charge in [-0.25, -0.2) is 4.68 Å². The van der Waals surface area contributed by atoms with Crippen LogP contribution in [0.5, 0.6) is 0 Å². The van der Waals surface area contributed by atoms with Crippen LogP contribution in [0.15, 0.2) is 65.8 Å². The van der Waals surface area contributed by atoms with Crippen LogP contribution in [0.25, 0.3) is 5.69 Å². The smallest absolute Gasteiger partial charge is 0.311 e. The van der Waals surface area contributed by atoms with Crippen molar-refractivity contribution in [3.8, 4) is 5.69 Å². The standard InChI is InChI=1S/C16H12F3N3O/c17-16(18,19)13-4-7-15(23)21(11-13)10-12-2-5-14(6-3-12)22-9-1-8-20-22/h1-9,11H,10H2. The lowest BCUT2D eigenvalue weighted by Gasteiger charge is -2.11. The third kappa shape index (κ3) is 3.33. The minimum Gasteiger partial charge on any atom is -0.311 e. The lowest BCUT2D eigenvalue weighted by atomic mass is 10.2. The van der Waals surface area contributed by atoms with E-state index in [9.17, 15) is 18.0 Å². The van der Waals surface area contributed by atoms with Gasteiger partial charge in [-0.2, -0.15) is 18.3 Å². The van der Waals surface area contributed by atoms with Gasteiger partial charge in [0.2, 0.25) is 0 Å². The maximum Gasteiger partial charge on any atom is 0.417 e. The number of benzene rings is 1. The predicted octanol–water partition coefficient (Wildman–Crippen LogP) is 3.10. The minimum atomic E-state index is -4.47. The molecule has 7 heteroatoms. The van der Waals surface area contributed by atoms with E-state index in [1.807, 2.05) is 0 Å². The number of hydrogen-bond donors (Lipinski definition) is 0. The van der Waals surface area contributed by atoms with Crippen molar-refractivity contribution in [2.45, 2.75) is 12.7 Å². The molecule has 2 aromatic heterocycles. The Morgan fingerprint density at radius 2 is 1.78 bits per heavy atom. The van der Waals surface area contributed by atoms with Gasteiger partial charge in [-0.1, -0.05) is 12.1 Å². The zero-order chi connectivity index (χ0) is 16.4. The molecule has 23 heavy (non-hydrogen) atoms. The van der Waals surface area contributed by atoms with Gasteiger partial charge >= 0.3 is 6.18 Å². The number of alkyl halides is 3. The Bertz CT molecular complexity index is 850. The summed E-state index contributed by atoms with van der Waals surface area (Å²) in [5, 5.41) is 4.09. The fraction of sp³-hybridized carbons (Fsp3) is 0.125. The van der Waals surface area contributed by atoms with Gasteiger partial charge in [-0.15, -0.1) is 0 Å². The molecule has 0 aliphatic heterocycles.